The van der Waals surface area contributed by atoms with Crippen LogP contribution in [0.1, 0.15) is 0 Å². The van der Waals surface area contributed by atoms with Crippen LogP contribution in [-0.2, 0) is 10.0 Å². The third-order valence-corrected chi connectivity index (χ3v) is 7.00. The average Bonchev–Trinajstić information content (AvgIpc) is 2.74. The molecule has 1 aliphatic heterocycles. The van der Waals surface area contributed by atoms with Crippen LogP contribution in [0.4, 0.5) is 10.3 Å². The van der Waals surface area contributed by atoms with Gasteiger partial charge in [-0.3, -0.25) is 0 Å². The Kier molecular flexibility index (Phi) is 6.29. The van der Waals surface area contributed by atoms with Gasteiger partial charge >= 0.3 is 0 Å². The molecule has 31 heavy (non-hydrogen) atoms. The molecule has 0 radical (unpaired) electrons. The van der Waals surface area contributed by atoms with Crippen LogP contribution in [0.25, 0.3) is 0 Å². The molecular formula is C20H17Cl2FN4O3S. The zero-order valence-electron chi connectivity index (χ0n) is 16.1. The maximum absolute atomic E-state index is 13.1. The Hall–Kier alpha value is -2.46. The molecule has 0 atom stereocenters. The van der Waals surface area contributed by atoms with Crippen LogP contribution in [0.5, 0.6) is 11.6 Å². The van der Waals surface area contributed by atoms with Crippen LogP contribution in [0.3, 0.4) is 0 Å². The zero-order valence-corrected chi connectivity index (χ0v) is 18.4. The number of benzene rings is 2. The molecule has 0 bridgehead atoms. The lowest BCUT2D eigenvalue weighted by Gasteiger charge is -2.34. The van der Waals surface area contributed by atoms with E-state index in [2.05, 4.69) is 9.97 Å². The van der Waals surface area contributed by atoms with Crippen LogP contribution >= 0.6 is 23.2 Å². The molecule has 0 amide bonds. The van der Waals surface area contributed by atoms with Crippen LogP contribution in [0.15, 0.2) is 59.6 Å². The quantitative estimate of drug-likeness (QED) is 0.541. The second-order valence-electron chi connectivity index (χ2n) is 6.75. The van der Waals surface area contributed by atoms with Gasteiger partial charge in [0, 0.05) is 48.5 Å². The molecule has 0 spiro atoms. The van der Waals surface area contributed by atoms with Crippen molar-refractivity contribution in [3.8, 4) is 11.6 Å². The molecule has 4 rings (SSSR count). The van der Waals surface area contributed by atoms with Gasteiger partial charge in [0.2, 0.25) is 21.9 Å². The summed E-state index contributed by atoms with van der Waals surface area (Å²) in [5, 5.41) is 0.880. The number of hydrogen-bond donors (Lipinski definition) is 0. The van der Waals surface area contributed by atoms with Crippen LogP contribution in [-0.4, -0.2) is 48.9 Å². The SMILES string of the molecule is O=S(=O)(c1ccc(F)cc1)N1CCN(c2nccc(Oc3cc(Cl)cc(Cl)c3)n2)CC1. The minimum atomic E-state index is -3.69. The summed E-state index contributed by atoms with van der Waals surface area (Å²) >= 11 is 12.0. The van der Waals surface area contributed by atoms with Gasteiger partial charge in [0.1, 0.15) is 11.6 Å². The molecule has 0 saturated carbocycles. The Morgan fingerprint density at radius 1 is 0.935 bits per heavy atom. The van der Waals surface area contributed by atoms with Gasteiger partial charge in [-0.15, -0.1) is 0 Å². The van der Waals surface area contributed by atoms with Gasteiger partial charge in [-0.05, 0) is 42.5 Å². The third kappa shape index (κ3) is 5.07. The summed E-state index contributed by atoms with van der Waals surface area (Å²) in [4.78, 5) is 10.6. The number of halogens is 3. The molecule has 11 heteroatoms. The van der Waals surface area contributed by atoms with Crippen molar-refractivity contribution in [2.75, 3.05) is 31.1 Å². The highest BCUT2D eigenvalue weighted by Gasteiger charge is 2.29. The summed E-state index contributed by atoms with van der Waals surface area (Å²) in [6.45, 7) is 1.29. The first kappa shape index (κ1) is 21.8. The minimum Gasteiger partial charge on any atom is -0.439 e. The van der Waals surface area contributed by atoms with Gasteiger partial charge in [0.25, 0.3) is 0 Å². The van der Waals surface area contributed by atoms with Crippen molar-refractivity contribution in [3.05, 3.63) is 70.6 Å². The number of anilines is 1. The molecule has 7 nitrogen and oxygen atoms in total. The van der Waals surface area contributed by atoms with E-state index in [1.165, 1.54) is 16.4 Å². The topological polar surface area (TPSA) is 75.6 Å². The third-order valence-electron chi connectivity index (χ3n) is 4.65. The van der Waals surface area contributed by atoms with E-state index in [1.54, 1.807) is 30.5 Å². The fraction of sp³-hybridized carbons (Fsp3) is 0.200. The molecule has 2 aromatic carbocycles. The number of ether oxygens (including phenoxy) is 1. The molecule has 1 fully saturated rings. The Morgan fingerprint density at radius 3 is 2.23 bits per heavy atom. The van der Waals surface area contributed by atoms with Gasteiger partial charge in [0.15, 0.2) is 0 Å². The Morgan fingerprint density at radius 2 is 1.58 bits per heavy atom. The number of piperazine rings is 1. The smallest absolute Gasteiger partial charge is 0.243 e. The van der Waals surface area contributed by atoms with E-state index in [4.69, 9.17) is 27.9 Å². The zero-order chi connectivity index (χ0) is 22.0. The first-order valence-electron chi connectivity index (χ1n) is 9.29. The fourth-order valence-corrected chi connectivity index (χ4v) is 5.06. The van der Waals surface area contributed by atoms with Crippen LogP contribution in [0.2, 0.25) is 10.0 Å². The van der Waals surface area contributed by atoms with E-state index >= 15 is 0 Å². The van der Waals surface area contributed by atoms with Crippen molar-refractivity contribution in [1.82, 2.24) is 14.3 Å². The van der Waals surface area contributed by atoms with Gasteiger partial charge in [-0.25, -0.2) is 17.8 Å². The van der Waals surface area contributed by atoms with E-state index in [-0.39, 0.29) is 18.0 Å². The van der Waals surface area contributed by atoms with Crippen LogP contribution < -0.4 is 9.64 Å². The summed E-state index contributed by atoms with van der Waals surface area (Å²) in [6.07, 6.45) is 1.56. The molecule has 162 valence electrons. The highest BCUT2D eigenvalue weighted by molar-refractivity contribution is 7.89. The molecule has 2 heterocycles. The van der Waals surface area contributed by atoms with Crippen molar-refractivity contribution in [2.45, 2.75) is 4.90 Å². The predicted molar refractivity (Wildman–Crippen MR) is 116 cm³/mol. The van der Waals surface area contributed by atoms with Gasteiger partial charge in [-0.1, -0.05) is 23.2 Å². The lowest BCUT2D eigenvalue weighted by atomic mass is 10.3. The van der Waals surface area contributed by atoms with E-state index in [1.807, 2.05) is 4.90 Å². The maximum Gasteiger partial charge on any atom is 0.243 e. The molecule has 0 aliphatic carbocycles. The Bertz CT molecular complexity index is 1170. The Labute approximate surface area is 189 Å². The van der Waals surface area contributed by atoms with Crippen molar-refractivity contribution < 1.29 is 17.5 Å². The highest BCUT2D eigenvalue weighted by atomic mass is 35.5. The summed E-state index contributed by atoms with van der Waals surface area (Å²) in [5.41, 5.74) is 0. The lowest BCUT2D eigenvalue weighted by molar-refractivity contribution is 0.381. The van der Waals surface area contributed by atoms with Gasteiger partial charge in [-0.2, -0.15) is 9.29 Å². The maximum atomic E-state index is 13.1. The van der Waals surface area contributed by atoms with E-state index in [0.717, 1.165) is 12.1 Å². The highest BCUT2D eigenvalue weighted by Crippen LogP contribution is 2.28. The fourth-order valence-electron chi connectivity index (χ4n) is 3.13. The monoisotopic (exact) mass is 482 g/mol. The van der Waals surface area contributed by atoms with Gasteiger partial charge < -0.3 is 9.64 Å². The number of nitrogens with zero attached hydrogens (tertiary/aromatic N) is 4. The molecule has 1 aromatic heterocycles. The van der Waals surface area contributed by atoms with E-state index < -0.39 is 15.8 Å². The largest absolute Gasteiger partial charge is 0.439 e. The number of hydrogen-bond acceptors (Lipinski definition) is 6. The number of aromatic nitrogens is 2. The number of sulfonamides is 1. The van der Waals surface area contributed by atoms with E-state index in [0.29, 0.717) is 40.7 Å². The molecule has 1 saturated heterocycles. The van der Waals surface area contributed by atoms with Crippen molar-refractivity contribution >= 4 is 39.2 Å². The molecule has 0 unspecified atom stereocenters. The van der Waals surface area contributed by atoms with Crippen molar-refractivity contribution in [3.63, 3.8) is 0 Å². The summed E-state index contributed by atoms with van der Waals surface area (Å²) in [5.74, 6) is 0.689. The second kappa shape index (κ2) is 8.96. The van der Waals surface area contributed by atoms with E-state index in [9.17, 15) is 12.8 Å². The predicted octanol–water partition coefficient (Wildman–Crippen LogP) is 4.23. The summed E-state index contributed by atoms with van der Waals surface area (Å²) < 4.78 is 45.7. The molecule has 1 aliphatic rings. The first-order valence-corrected chi connectivity index (χ1v) is 11.5. The second-order valence-corrected chi connectivity index (χ2v) is 9.56. The summed E-state index contributed by atoms with van der Waals surface area (Å²) in [6, 6.07) is 11.2. The van der Waals surface area contributed by atoms with Gasteiger partial charge in [0.05, 0.1) is 4.90 Å². The number of rotatable bonds is 5. The molecule has 3 aromatic rings. The summed E-state index contributed by atoms with van der Waals surface area (Å²) in [7, 11) is -3.69. The van der Waals surface area contributed by atoms with Crippen LogP contribution in [0, 0.1) is 5.82 Å². The Balaban J connectivity index is 1.44. The normalized spacial score (nSPS) is 15.1. The first-order chi connectivity index (χ1) is 14.8. The minimum absolute atomic E-state index is 0.0641. The molecule has 0 N–H and O–H groups in total. The van der Waals surface area contributed by atoms with Crippen molar-refractivity contribution in [1.29, 1.82) is 0 Å². The van der Waals surface area contributed by atoms with Crippen molar-refractivity contribution in [2.24, 2.45) is 0 Å². The molecular weight excluding hydrogens is 466 g/mol. The standard InChI is InChI=1S/C20H17Cl2FN4O3S/c21-14-11-15(22)13-17(12-14)30-19-5-6-24-20(25-19)26-7-9-27(10-8-26)31(28,29)18-3-1-16(23)2-4-18/h1-6,11-13H,7-10H2. The average molecular weight is 483 g/mol. The lowest BCUT2D eigenvalue weighted by Crippen LogP contribution is -2.49.